The highest BCUT2D eigenvalue weighted by Gasteiger charge is 2.24. The molecule has 0 spiro atoms. The molecule has 0 aliphatic heterocycles. The Hall–Kier alpha value is -0.290. The predicted octanol–water partition coefficient (Wildman–Crippen LogP) is 1.67. The van der Waals surface area contributed by atoms with E-state index in [1.165, 1.54) is 18.2 Å². The van der Waals surface area contributed by atoms with Gasteiger partial charge in [-0.3, -0.25) is 0 Å². The van der Waals surface area contributed by atoms with Crippen LogP contribution in [-0.4, -0.2) is 24.8 Å². The fourth-order valence-corrected chi connectivity index (χ4v) is 2.68. The molecule has 1 rings (SSSR count). The second kappa shape index (κ2) is 4.49. The van der Waals surface area contributed by atoms with Gasteiger partial charge in [0.2, 0.25) is 9.84 Å². The topological polar surface area (TPSA) is 54.4 Å². The van der Waals surface area contributed by atoms with Crippen molar-refractivity contribution in [2.24, 2.45) is 0 Å². The van der Waals surface area contributed by atoms with Gasteiger partial charge in [0.1, 0.15) is 0 Å². The quantitative estimate of drug-likeness (QED) is 0.836. The molecule has 1 unspecified atom stereocenters. The number of sulfone groups is 1. The highest BCUT2D eigenvalue weighted by atomic mass is 35.5. The first-order chi connectivity index (χ1) is 6.48. The van der Waals surface area contributed by atoms with Crippen molar-refractivity contribution in [3.05, 3.63) is 29.3 Å². The van der Waals surface area contributed by atoms with E-state index in [1.807, 2.05) is 0 Å². The minimum Gasteiger partial charge on any atom is -0.376 e. The van der Waals surface area contributed by atoms with Crippen LogP contribution in [0.2, 0.25) is 5.02 Å². The van der Waals surface area contributed by atoms with Gasteiger partial charge in [-0.2, -0.15) is 0 Å². The maximum atomic E-state index is 11.5. The summed E-state index contributed by atoms with van der Waals surface area (Å²) >= 11 is 10.9. The number of rotatable bonds is 3. The molecule has 1 aromatic rings. The number of aliphatic hydroxyl groups is 1. The van der Waals surface area contributed by atoms with Gasteiger partial charge in [-0.1, -0.05) is 17.7 Å². The SMILES string of the molecule is O=S(=O)(c1cccc(Cl)c1)C(O)CCl. The third kappa shape index (κ3) is 2.39. The Balaban J connectivity index is 3.17. The standard InChI is InChI=1S/C8H8Cl2O3S/c9-5-8(11)14(12,13)7-3-1-2-6(10)4-7/h1-4,8,11H,5H2. The summed E-state index contributed by atoms with van der Waals surface area (Å²) in [5.41, 5.74) is -1.59. The third-order valence-electron chi connectivity index (χ3n) is 1.61. The van der Waals surface area contributed by atoms with Gasteiger partial charge in [-0.05, 0) is 18.2 Å². The molecule has 14 heavy (non-hydrogen) atoms. The minimum absolute atomic E-state index is 0.0295. The first-order valence-corrected chi connectivity index (χ1v) is 6.18. The van der Waals surface area contributed by atoms with Gasteiger partial charge in [0.05, 0.1) is 10.8 Å². The third-order valence-corrected chi connectivity index (χ3v) is 4.12. The number of halogens is 2. The van der Waals surface area contributed by atoms with Crippen molar-refractivity contribution < 1.29 is 13.5 Å². The van der Waals surface area contributed by atoms with Crippen LogP contribution in [0.5, 0.6) is 0 Å². The van der Waals surface area contributed by atoms with E-state index in [2.05, 4.69) is 0 Å². The molecular weight excluding hydrogens is 247 g/mol. The number of hydrogen-bond acceptors (Lipinski definition) is 3. The van der Waals surface area contributed by atoms with Crippen LogP contribution < -0.4 is 0 Å². The maximum Gasteiger partial charge on any atom is 0.206 e. The Morgan fingerprint density at radius 3 is 2.57 bits per heavy atom. The molecule has 1 aromatic carbocycles. The van der Waals surface area contributed by atoms with Gasteiger partial charge in [-0.25, -0.2) is 8.42 Å². The average Bonchev–Trinajstić information content (AvgIpc) is 2.16. The zero-order valence-electron chi connectivity index (χ0n) is 7.02. The number of alkyl halides is 1. The van der Waals surface area contributed by atoms with E-state index in [-0.39, 0.29) is 10.8 Å². The minimum atomic E-state index is -3.77. The molecule has 6 heteroatoms. The lowest BCUT2D eigenvalue weighted by molar-refractivity contribution is 0.271. The number of aliphatic hydroxyl groups excluding tert-OH is 1. The summed E-state index contributed by atoms with van der Waals surface area (Å²) in [7, 11) is -3.77. The summed E-state index contributed by atoms with van der Waals surface area (Å²) in [6.07, 6.45) is 0. The summed E-state index contributed by atoms with van der Waals surface area (Å²) in [5.74, 6) is -0.366. The summed E-state index contributed by atoms with van der Waals surface area (Å²) in [5, 5.41) is 9.47. The zero-order chi connectivity index (χ0) is 10.8. The predicted molar refractivity (Wildman–Crippen MR) is 55.4 cm³/mol. The Kier molecular flexibility index (Phi) is 3.78. The normalized spacial score (nSPS) is 13.9. The Morgan fingerprint density at radius 1 is 1.43 bits per heavy atom. The molecule has 0 heterocycles. The molecule has 0 aromatic heterocycles. The van der Waals surface area contributed by atoms with Gasteiger partial charge in [0.15, 0.2) is 5.44 Å². The lowest BCUT2D eigenvalue weighted by Crippen LogP contribution is -2.22. The lowest BCUT2D eigenvalue weighted by Gasteiger charge is -2.08. The van der Waals surface area contributed by atoms with Crippen LogP contribution in [-0.2, 0) is 9.84 Å². The van der Waals surface area contributed by atoms with Crippen LogP contribution in [0.1, 0.15) is 0 Å². The molecule has 0 amide bonds. The smallest absolute Gasteiger partial charge is 0.206 e. The van der Waals surface area contributed by atoms with Crippen molar-refractivity contribution in [2.75, 3.05) is 5.88 Å². The van der Waals surface area contributed by atoms with Crippen molar-refractivity contribution in [2.45, 2.75) is 10.3 Å². The molecule has 1 atom stereocenters. The van der Waals surface area contributed by atoms with E-state index in [4.69, 9.17) is 28.3 Å². The Labute approximate surface area is 92.2 Å². The van der Waals surface area contributed by atoms with E-state index in [9.17, 15) is 8.42 Å². The van der Waals surface area contributed by atoms with Crippen molar-refractivity contribution in [1.29, 1.82) is 0 Å². The molecular formula is C8H8Cl2O3S. The fraction of sp³-hybridized carbons (Fsp3) is 0.250. The molecule has 78 valence electrons. The first-order valence-electron chi connectivity index (χ1n) is 3.72. The molecule has 1 N–H and O–H groups in total. The van der Waals surface area contributed by atoms with Crippen LogP contribution in [0.25, 0.3) is 0 Å². The zero-order valence-corrected chi connectivity index (χ0v) is 9.35. The number of hydrogen-bond donors (Lipinski definition) is 1. The molecule has 0 bridgehead atoms. The van der Waals surface area contributed by atoms with Crippen LogP contribution in [0.4, 0.5) is 0 Å². The van der Waals surface area contributed by atoms with Gasteiger partial charge in [0, 0.05) is 5.02 Å². The summed E-state index contributed by atoms with van der Waals surface area (Å²) in [6, 6.07) is 5.67. The van der Waals surface area contributed by atoms with Crippen molar-refractivity contribution >= 4 is 33.0 Å². The average molecular weight is 255 g/mol. The molecule has 0 aliphatic carbocycles. The second-order valence-electron chi connectivity index (χ2n) is 2.61. The molecule has 0 fully saturated rings. The first kappa shape index (κ1) is 11.8. The van der Waals surface area contributed by atoms with Gasteiger partial charge >= 0.3 is 0 Å². The molecule has 0 aliphatic rings. The van der Waals surface area contributed by atoms with Crippen molar-refractivity contribution in [3.63, 3.8) is 0 Å². The van der Waals surface area contributed by atoms with Crippen LogP contribution in [0.3, 0.4) is 0 Å². The summed E-state index contributed by atoms with van der Waals surface area (Å²) < 4.78 is 23.0. The van der Waals surface area contributed by atoms with Crippen LogP contribution in [0, 0.1) is 0 Å². The largest absolute Gasteiger partial charge is 0.376 e. The monoisotopic (exact) mass is 254 g/mol. The number of benzene rings is 1. The van der Waals surface area contributed by atoms with Gasteiger partial charge < -0.3 is 5.11 Å². The molecule has 3 nitrogen and oxygen atoms in total. The van der Waals surface area contributed by atoms with Crippen molar-refractivity contribution in [3.8, 4) is 0 Å². The van der Waals surface area contributed by atoms with E-state index >= 15 is 0 Å². The lowest BCUT2D eigenvalue weighted by atomic mass is 10.4. The summed E-state index contributed by atoms with van der Waals surface area (Å²) in [4.78, 5) is -0.0295. The van der Waals surface area contributed by atoms with E-state index < -0.39 is 15.3 Å². The Bertz CT molecular complexity index is 416. The van der Waals surface area contributed by atoms with Gasteiger partial charge in [-0.15, -0.1) is 11.6 Å². The van der Waals surface area contributed by atoms with Crippen LogP contribution in [0.15, 0.2) is 29.2 Å². The highest BCUT2D eigenvalue weighted by molar-refractivity contribution is 7.92. The highest BCUT2D eigenvalue weighted by Crippen LogP contribution is 2.19. The summed E-state index contributed by atoms with van der Waals surface area (Å²) in [6.45, 7) is 0. The molecule has 0 radical (unpaired) electrons. The maximum absolute atomic E-state index is 11.5. The molecule has 0 saturated heterocycles. The van der Waals surface area contributed by atoms with E-state index in [1.54, 1.807) is 6.07 Å². The van der Waals surface area contributed by atoms with Crippen molar-refractivity contribution in [1.82, 2.24) is 0 Å². The van der Waals surface area contributed by atoms with E-state index in [0.29, 0.717) is 5.02 Å². The van der Waals surface area contributed by atoms with Crippen LogP contribution >= 0.6 is 23.2 Å². The van der Waals surface area contributed by atoms with Gasteiger partial charge in [0.25, 0.3) is 0 Å². The fourth-order valence-electron chi connectivity index (χ4n) is 0.884. The van der Waals surface area contributed by atoms with E-state index in [0.717, 1.165) is 0 Å². The molecule has 0 saturated carbocycles. The Morgan fingerprint density at radius 2 is 2.07 bits per heavy atom. The second-order valence-corrected chi connectivity index (χ2v) is 5.46.